The molecule has 0 amide bonds. The van der Waals surface area contributed by atoms with Crippen molar-refractivity contribution in [2.45, 2.75) is 18.9 Å². The summed E-state index contributed by atoms with van der Waals surface area (Å²) in [5.74, 6) is -2.87. The van der Waals surface area contributed by atoms with E-state index >= 15 is 0 Å². The van der Waals surface area contributed by atoms with Gasteiger partial charge in [0, 0.05) is 18.9 Å². The fourth-order valence-corrected chi connectivity index (χ4v) is 0.370. The molecule has 6 heteroatoms. The quantitative estimate of drug-likeness (QED) is 0.450. The third-order valence-corrected chi connectivity index (χ3v) is 0.956. The smallest absolute Gasteiger partial charge is 0.335 e. The van der Waals surface area contributed by atoms with Crippen LogP contribution >= 0.6 is 0 Å². The predicted molar refractivity (Wildman–Crippen MR) is 36.3 cm³/mol. The van der Waals surface area contributed by atoms with E-state index in [1.165, 1.54) is 0 Å². The maximum absolute atomic E-state index is 10.0. The van der Waals surface area contributed by atoms with Gasteiger partial charge >= 0.3 is 11.9 Å². The van der Waals surface area contributed by atoms with Gasteiger partial charge in [-0.1, -0.05) is 0 Å². The Morgan fingerprint density at radius 3 is 1.82 bits per heavy atom. The Labute approximate surface area is 75.2 Å². The zero-order valence-corrected chi connectivity index (χ0v) is 6.37. The van der Waals surface area contributed by atoms with E-state index in [9.17, 15) is 9.59 Å². The molecule has 0 saturated carbocycles. The number of aliphatic hydroxyl groups is 1. The third kappa shape index (κ3) is 4.84. The summed E-state index contributed by atoms with van der Waals surface area (Å²) in [7, 11) is 0. The molecule has 0 aromatic heterocycles. The van der Waals surface area contributed by atoms with E-state index in [4.69, 9.17) is 15.3 Å². The van der Waals surface area contributed by atoms with Crippen molar-refractivity contribution < 1.29 is 24.9 Å². The molecular formula is C5H8LiO5. The minimum Gasteiger partial charge on any atom is -0.481 e. The Balaban J connectivity index is 0. The zero-order chi connectivity index (χ0) is 8.36. The number of hydrogen-bond acceptors (Lipinski definition) is 3. The maximum atomic E-state index is 10.0. The Bertz CT molecular complexity index is 164. The van der Waals surface area contributed by atoms with Crippen molar-refractivity contribution in [1.29, 1.82) is 0 Å². The maximum Gasteiger partial charge on any atom is 0.335 e. The van der Waals surface area contributed by atoms with E-state index in [1.807, 2.05) is 0 Å². The minimum atomic E-state index is -2.16. The van der Waals surface area contributed by atoms with Crippen LogP contribution in [-0.4, -0.2) is 51.7 Å². The normalized spacial score (nSPS) is 14.4. The molecule has 0 rings (SSSR count). The molecule has 3 N–H and O–H groups in total. The molecule has 11 heavy (non-hydrogen) atoms. The van der Waals surface area contributed by atoms with Gasteiger partial charge in [0.15, 0.2) is 5.60 Å². The van der Waals surface area contributed by atoms with E-state index in [2.05, 4.69) is 0 Å². The van der Waals surface area contributed by atoms with Gasteiger partial charge in [-0.25, -0.2) is 4.79 Å². The average molecular weight is 155 g/mol. The van der Waals surface area contributed by atoms with Crippen molar-refractivity contribution >= 4 is 30.8 Å². The SMILES string of the molecule is C[C@@](O)(CC(=O)O)C(=O)O.[Li]. The van der Waals surface area contributed by atoms with Gasteiger partial charge < -0.3 is 15.3 Å². The molecule has 0 saturated heterocycles. The van der Waals surface area contributed by atoms with Gasteiger partial charge in [-0.2, -0.15) is 0 Å². The molecular weight excluding hydrogens is 147 g/mol. The summed E-state index contributed by atoms with van der Waals surface area (Å²) >= 11 is 0. The van der Waals surface area contributed by atoms with E-state index in [0.717, 1.165) is 6.92 Å². The summed E-state index contributed by atoms with van der Waals surface area (Å²) in [4.78, 5) is 19.9. The first-order valence-electron chi connectivity index (χ1n) is 2.54. The first-order chi connectivity index (χ1) is 4.36. The molecule has 1 radical (unpaired) electrons. The molecule has 59 valence electrons. The molecule has 0 fully saturated rings. The summed E-state index contributed by atoms with van der Waals surface area (Å²) in [6.07, 6.45) is -0.789. The molecule has 0 spiro atoms. The molecule has 0 aromatic rings. The van der Waals surface area contributed by atoms with Gasteiger partial charge in [-0.05, 0) is 6.92 Å². The van der Waals surface area contributed by atoms with Gasteiger partial charge in [0.2, 0.25) is 0 Å². The van der Waals surface area contributed by atoms with Crippen LogP contribution in [0.2, 0.25) is 0 Å². The van der Waals surface area contributed by atoms with Crippen molar-refractivity contribution in [1.82, 2.24) is 0 Å². The standard InChI is InChI=1S/C5H8O5.Li/c1-5(10,4(8)9)2-3(6)7;/h10H,2H2,1H3,(H,6,7)(H,8,9);/t5-;/m1./s1. The van der Waals surface area contributed by atoms with E-state index in [1.54, 1.807) is 0 Å². The van der Waals surface area contributed by atoms with Crippen LogP contribution in [0.15, 0.2) is 0 Å². The first kappa shape index (κ1) is 13.1. The molecule has 0 bridgehead atoms. The molecule has 0 aliphatic carbocycles. The van der Waals surface area contributed by atoms with E-state index in [0.29, 0.717) is 0 Å². The predicted octanol–water partition coefficient (Wildman–Crippen LogP) is -1.08. The molecule has 5 nitrogen and oxygen atoms in total. The number of hydrogen-bond donors (Lipinski definition) is 3. The van der Waals surface area contributed by atoms with Gasteiger partial charge in [-0.3, -0.25) is 4.79 Å². The van der Waals surface area contributed by atoms with Crippen molar-refractivity contribution in [3.05, 3.63) is 0 Å². The summed E-state index contributed by atoms with van der Waals surface area (Å²) < 4.78 is 0. The molecule has 1 atom stereocenters. The van der Waals surface area contributed by atoms with Crippen LogP contribution in [0.1, 0.15) is 13.3 Å². The number of carbonyl (C=O) groups is 2. The van der Waals surface area contributed by atoms with Crippen molar-refractivity contribution in [3.8, 4) is 0 Å². The van der Waals surface area contributed by atoms with Gasteiger partial charge in [0.25, 0.3) is 0 Å². The molecule has 0 unspecified atom stereocenters. The second kappa shape index (κ2) is 4.39. The Hall–Kier alpha value is -0.503. The number of aliphatic carboxylic acids is 2. The van der Waals surface area contributed by atoms with Crippen LogP contribution in [0.4, 0.5) is 0 Å². The molecule has 0 aliphatic rings. The van der Waals surface area contributed by atoms with Crippen molar-refractivity contribution in [2.24, 2.45) is 0 Å². The minimum absolute atomic E-state index is 0. The average Bonchev–Trinajstić information content (AvgIpc) is 1.60. The first-order valence-corrected chi connectivity index (χ1v) is 2.54. The van der Waals surface area contributed by atoms with E-state index < -0.39 is 24.0 Å². The Morgan fingerprint density at radius 1 is 1.36 bits per heavy atom. The van der Waals surface area contributed by atoms with Crippen LogP contribution in [0.25, 0.3) is 0 Å². The summed E-state index contributed by atoms with van der Waals surface area (Å²) in [5.41, 5.74) is -2.16. The van der Waals surface area contributed by atoms with Gasteiger partial charge in [0.1, 0.15) is 0 Å². The second-order valence-corrected chi connectivity index (χ2v) is 2.15. The summed E-state index contributed by atoms with van der Waals surface area (Å²) in [5, 5.41) is 25.0. The molecule has 0 aliphatic heterocycles. The van der Waals surface area contributed by atoms with Crippen molar-refractivity contribution in [2.75, 3.05) is 0 Å². The van der Waals surface area contributed by atoms with Crippen molar-refractivity contribution in [3.63, 3.8) is 0 Å². The fourth-order valence-electron chi connectivity index (χ4n) is 0.370. The third-order valence-electron chi connectivity index (χ3n) is 0.956. The van der Waals surface area contributed by atoms with Crippen LogP contribution in [0.5, 0.6) is 0 Å². The number of carboxylic acids is 2. The topological polar surface area (TPSA) is 94.8 Å². The molecule has 0 aromatic carbocycles. The monoisotopic (exact) mass is 155 g/mol. The van der Waals surface area contributed by atoms with Crippen LogP contribution < -0.4 is 0 Å². The summed E-state index contributed by atoms with van der Waals surface area (Å²) in [6, 6.07) is 0. The summed E-state index contributed by atoms with van der Waals surface area (Å²) in [6.45, 7) is 0.934. The second-order valence-electron chi connectivity index (χ2n) is 2.15. The fraction of sp³-hybridized carbons (Fsp3) is 0.600. The van der Waals surface area contributed by atoms with Gasteiger partial charge in [0.05, 0.1) is 6.42 Å². The number of rotatable bonds is 3. The number of carboxylic acid groups (broad SMARTS) is 2. The zero-order valence-electron chi connectivity index (χ0n) is 6.37. The van der Waals surface area contributed by atoms with E-state index in [-0.39, 0.29) is 18.9 Å². The molecule has 0 heterocycles. The van der Waals surface area contributed by atoms with Crippen LogP contribution in [0, 0.1) is 0 Å². The Kier molecular flexibility index (Phi) is 5.23. The van der Waals surface area contributed by atoms with Crippen LogP contribution in [0.3, 0.4) is 0 Å². The Morgan fingerprint density at radius 2 is 1.73 bits per heavy atom. The van der Waals surface area contributed by atoms with Crippen LogP contribution in [-0.2, 0) is 9.59 Å². The largest absolute Gasteiger partial charge is 0.481 e. The van der Waals surface area contributed by atoms with Gasteiger partial charge in [-0.15, -0.1) is 0 Å².